The molecule has 0 amide bonds. The zero-order chi connectivity index (χ0) is 10.8. The van der Waals surface area contributed by atoms with Gasteiger partial charge in [-0.15, -0.1) is 0 Å². The molecular weight excluding hydrogens is 278 g/mol. The molecule has 0 atom stereocenters. The third-order valence-electron chi connectivity index (χ3n) is 1.78. The first-order chi connectivity index (χ1) is 7.24. The summed E-state index contributed by atoms with van der Waals surface area (Å²) in [6.07, 6.45) is 3.56. The van der Waals surface area contributed by atoms with Crippen LogP contribution in [-0.2, 0) is 5.33 Å². The van der Waals surface area contributed by atoms with Gasteiger partial charge in [0.2, 0.25) is 0 Å². The number of hydrogen-bond acceptors (Lipinski definition) is 6. The Hall–Kier alpha value is -0.950. The summed E-state index contributed by atoms with van der Waals surface area (Å²) in [4.78, 5) is 16.8. The number of nitrogen functional groups attached to an aromatic ring is 1. The van der Waals surface area contributed by atoms with Crippen LogP contribution in [0.15, 0.2) is 11.4 Å². The lowest BCUT2D eigenvalue weighted by Gasteiger charge is -2.02. The summed E-state index contributed by atoms with van der Waals surface area (Å²) in [5, 5.41) is 1.25. The van der Waals surface area contributed by atoms with E-state index < -0.39 is 0 Å². The van der Waals surface area contributed by atoms with Crippen molar-refractivity contribution in [3.8, 4) is 0 Å². The van der Waals surface area contributed by atoms with Crippen LogP contribution in [0.2, 0.25) is 0 Å². The fraction of sp³-hybridized carbons (Fsp3) is 0.250. The van der Waals surface area contributed by atoms with Crippen LogP contribution in [0.1, 0.15) is 5.69 Å². The van der Waals surface area contributed by atoms with Crippen molar-refractivity contribution in [3.05, 3.63) is 11.9 Å². The average molecular weight is 286 g/mol. The smallest absolute Gasteiger partial charge is 0.191 e. The standard InChI is InChI=1S/C8H8BrN5S/c1-15-8-13-6(10)5-7(14-8)11-3-4(2-9)12-5/h3H,2H2,1H3,(H2,10,11,13,14). The second-order valence-electron chi connectivity index (χ2n) is 2.76. The third kappa shape index (κ3) is 2.03. The lowest BCUT2D eigenvalue weighted by molar-refractivity contribution is 0.983. The molecule has 15 heavy (non-hydrogen) atoms. The van der Waals surface area contributed by atoms with Crippen LogP contribution < -0.4 is 5.73 Å². The second kappa shape index (κ2) is 4.28. The highest BCUT2D eigenvalue weighted by molar-refractivity contribution is 9.08. The van der Waals surface area contributed by atoms with Crippen LogP contribution in [0.3, 0.4) is 0 Å². The molecule has 2 N–H and O–H groups in total. The summed E-state index contributed by atoms with van der Waals surface area (Å²) in [6.45, 7) is 0. The molecule has 0 saturated carbocycles. The predicted molar refractivity (Wildman–Crippen MR) is 64.0 cm³/mol. The lowest BCUT2D eigenvalue weighted by Crippen LogP contribution is -2.01. The molecule has 0 aliphatic rings. The van der Waals surface area contributed by atoms with Crippen molar-refractivity contribution in [1.29, 1.82) is 0 Å². The highest BCUT2D eigenvalue weighted by Gasteiger charge is 2.07. The van der Waals surface area contributed by atoms with Gasteiger partial charge < -0.3 is 5.73 Å². The molecule has 0 radical (unpaired) electrons. The van der Waals surface area contributed by atoms with Gasteiger partial charge in [-0.05, 0) is 6.26 Å². The maximum absolute atomic E-state index is 5.77. The molecule has 0 spiro atoms. The Balaban J connectivity index is 2.68. The molecule has 2 heterocycles. The minimum Gasteiger partial charge on any atom is -0.382 e. The molecule has 0 saturated heterocycles. The van der Waals surface area contributed by atoms with E-state index >= 15 is 0 Å². The first-order valence-corrected chi connectivity index (χ1v) is 6.48. The zero-order valence-corrected chi connectivity index (χ0v) is 10.3. The van der Waals surface area contributed by atoms with Gasteiger partial charge in [-0.25, -0.2) is 19.9 Å². The quantitative estimate of drug-likeness (QED) is 0.513. The molecule has 0 unspecified atom stereocenters. The van der Waals surface area contributed by atoms with Gasteiger partial charge in [0.25, 0.3) is 0 Å². The van der Waals surface area contributed by atoms with Crippen molar-refractivity contribution >= 4 is 44.7 Å². The molecule has 0 aliphatic heterocycles. The summed E-state index contributed by atoms with van der Waals surface area (Å²) in [6, 6.07) is 0. The number of thioether (sulfide) groups is 1. The molecule has 0 bridgehead atoms. The Morgan fingerprint density at radius 1 is 1.40 bits per heavy atom. The summed E-state index contributed by atoms with van der Waals surface area (Å²) < 4.78 is 0. The van der Waals surface area contributed by atoms with Gasteiger partial charge in [-0.2, -0.15) is 0 Å². The Morgan fingerprint density at radius 3 is 2.87 bits per heavy atom. The van der Waals surface area contributed by atoms with Crippen molar-refractivity contribution in [2.24, 2.45) is 0 Å². The number of rotatable bonds is 2. The van der Waals surface area contributed by atoms with E-state index in [9.17, 15) is 0 Å². The fourth-order valence-corrected chi connectivity index (χ4v) is 1.74. The minimum absolute atomic E-state index is 0.375. The minimum atomic E-state index is 0.375. The van der Waals surface area contributed by atoms with Crippen LogP contribution in [0.25, 0.3) is 11.2 Å². The van der Waals surface area contributed by atoms with Gasteiger partial charge in [-0.1, -0.05) is 27.7 Å². The van der Waals surface area contributed by atoms with Crippen molar-refractivity contribution in [1.82, 2.24) is 19.9 Å². The largest absolute Gasteiger partial charge is 0.382 e. The van der Waals surface area contributed by atoms with Crippen LogP contribution in [0.5, 0.6) is 0 Å². The Bertz CT molecular complexity index is 504. The topological polar surface area (TPSA) is 77.6 Å². The Morgan fingerprint density at radius 2 is 2.20 bits per heavy atom. The van der Waals surface area contributed by atoms with Gasteiger partial charge >= 0.3 is 0 Å². The number of fused-ring (bicyclic) bond motifs is 1. The molecule has 7 heteroatoms. The van der Waals surface area contributed by atoms with E-state index in [0.29, 0.717) is 27.5 Å². The number of hydrogen-bond donors (Lipinski definition) is 1. The average Bonchev–Trinajstić information content (AvgIpc) is 2.28. The van der Waals surface area contributed by atoms with E-state index in [-0.39, 0.29) is 0 Å². The van der Waals surface area contributed by atoms with E-state index in [1.807, 2.05) is 6.26 Å². The van der Waals surface area contributed by atoms with E-state index in [1.165, 1.54) is 11.8 Å². The van der Waals surface area contributed by atoms with E-state index in [1.54, 1.807) is 6.20 Å². The van der Waals surface area contributed by atoms with E-state index in [4.69, 9.17) is 5.73 Å². The lowest BCUT2D eigenvalue weighted by atomic mass is 10.4. The zero-order valence-electron chi connectivity index (χ0n) is 7.94. The number of anilines is 1. The number of halogens is 1. The van der Waals surface area contributed by atoms with E-state index in [2.05, 4.69) is 35.9 Å². The van der Waals surface area contributed by atoms with Crippen LogP contribution in [-0.4, -0.2) is 26.2 Å². The molecule has 0 aliphatic carbocycles. The van der Waals surface area contributed by atoms with Crippen LogP contribution >= 0.6 is 27.7 Å². The first kappa shape index (κ1) is 10.6. The van der Waals surface area contributed by atoms with Gasteiger partial charge in [0.15, 0.2) is 22.1 Å². The summed E-state index contributed by atoms with van der Waals surface area (Å²) in [5.41, 5.74) is 7.69. The molecule has 78 valence electrons. The maximum atomic E-state index is 5.77. The van der Waals surface area contributed by atoms with Crippen LogP contribution in [0, 0.1) is 0 Å². The van der Waals surface area contributed by atoms with Crippen molar-refractivity contribution in [3.63, 3.8) is 0 Å². The number of nitrogens with two attached hydrogens (primary N) is 1. The van der Waals surface area contributed by atoms with Crippen molar-refractivity contribution in [2.75, 3.05) is 12.0 Å². The predicted octanol–water partition coefficient (Wildman–Crippen LogP) is 1.62. The SMILES string of the molecule is CSc1nc(N)c2nc(CBr)cnc2n1. The molecule has 0 aromatic carbocycles. The molecule has 2 aromatic heterocycles. The molecule has 2 rings (SSSR count). The van der Waals surface area contributed by atoms with Crippen molar-refractivity contribution < 1.29 is 0 Å². The maximum Gasteiger partial charge on any atom is 0.191 e. The highest BCUT2D eigenvalue weighted by atomic mass is 79.9. The monoisotopic (exact) mass is 285 g/mol. The first-order valence-electron chi connectivity index (χ1n) is 4.13. The molecule has 5 nitrogen and oxygen atoms in total. The molecule has 2 aromatic rings. The van der Waals surface area contributed by atoms with Gasteiger partial charge in [-0.3, -0.25) is 0 Å². The summed E-state index contributed by atoms with van der Waals surface area (Å²) in [7, 11) is 0. The van der Waals surface area contributed by atoms with Gasteiger partial charge in [0, 0.05) is 5.33 Å². The molecular formula is C8H8BrN5S. The fourth-order valence-electron chi connectivity index (χ4n) is 1.10. The molecule has 0 fully saturated rings. The second-order valence-corrected chi connectivity index (χ2v) is 4.10. The third-order valence-corrected chi connectivity index (χ3v) is 2.91. The Kier molecular flexibility index (Phi) is 3.01. The van der Waals surface area contributed by atoms with Crippen molar-refractivity contribution in [2.45, 2.75) is 10.5 Å². The number of aromatic nitrogens is 4. The summed E-state index contributed by atoms with van der Waals surface area (Å²) >= 11 is 4.74. The van der Waals surface area contributed by atoms with Gasteiger partial charge in [0.1, 0.15) is 0 Å². The number of nitrogens with zero attached hydrogens (tertiary/aromatic N) is 4. The Labute approximate surface area is 99.1 Å². The summed E-state index contributed by atoms with van der Waals surface area (Å²) in [5.74, 6) is 0.375. The van der Waals surface area contributed by atoms with Gasteiger partial charge in [0.05, 0.1) is 11.9 Å². The van der Waals surface area contributed by atoms with Crippen LogP contribution in [0.4, 0.5) is 5.82 Å². The highest BCUT2D eigenvalue weighted by Crippen LogP contribution is 2.18. The van der Waals surface area contributed by atoms with E-state index in [0.717, 1.165) is 5.69 Å². The normalized spacial score (nSPS) is 10.8. The number of alkyl halides is 1.